The van der Waals surface area contributed by atoms with E-state index in [4.69, 9.17) is 24.3 Å². The summed E-state index contributed by atoms with van der Waals surface area (Å²) in [5, 5.41) is 9.56. The number of rotatable bonds is 38. The van der Waals surface area contributed by atoms with Gasteiger partial charge in [0, 0.05) is 19.4 Å². The molecule has 0 rings (SSSR count). The van der Waals surface area contributed by atoms with Gasteiger partial charge in [-0.25, -0.2) is 4.57 Å². The molecule has 328 valence electrons. The lowest BCUT2D eigenvalue weighted by atomic mass is 10.1. The van der Waals surface area contributed by atoms with Gasteiger partial charge in [0.15, 0.2) is 6.10 Å². The fourth-order valence-corrected chi connectivity index (χ4v) is 5.75. The van der Waals surface area contributed by atoms with E-state index in [9.17, 15) is 24.2 Å². The van der Waals surface area contributed by atoms with Crippen LogP contribution < -0.4 is 5.73 Å². The lowest BCUT2D eigenvalue weighted by Gasteiger charge is -2.19. The van der Waals surface area contributed by atoms with E-state index in [1.165, 1.54) is 0 Å². The van der Waals surface area contributed by atoms with E-state index in [0.29, 0.717) is 19.3 Å². The summed E-state index contributed by atoms with van der Waals surface area (Å²) < 4.78 is 32.7. The van der Waals surface area contributed by atoms with Gasteiger partial charge in [-0.1, -0.05) is 130 Å². The molecule has 0 aliphatic rings. The molecular formula is C47H76NO9P. The second-order valence-electron chi connectivity index (χ2n) is 13.6. The van der Waals surface area contributed by atoms with Crippen molar-refractivity contribution in [2.45, 2.75) is 148 Å². The Labute approximate surface area is 351 Å². The van der Waals surface area contributed by atoms with Crippen molar-refractivity contribution in [1.82, 2.24) is 0 Å². The van der Waals surface area contributed by atoms with Crippen LogP contribution in [0, 0.1) is 0 Å². The highest BCUT2D eigenvalue weighted by Crippen LogP contribution is 2.43. The number of hydrogen-bond donors (Lipinski definition) is 3. The number of phosphoric acid groups is 1. The van der Waals surface area contributed by atoms with E-state index in [1.54, 1.807) is 0 Å². The molecule has 0 aromatic heterocycles. The zero-order chi connectivity index (χ0) is 42.6. The lowest BCUT2D eigenvalue weighted by Crippen LogP contribution is -2.29. The number of nitrogens with two attached hydrogens (primary N) is 1. The molecule has 0 spiro atoms. The van der Waals surface area contributed by atoms with Gasteiger partial charge in [0.25, 0.3) is 0 Å². The summed E-state index contributed by atoms with van der Waals surface area (Å²) in [7, 11) is -4.42. The first kappa shape index (κ1) is 54.6. The minimum atomic E-state index is -4.42. The third-order valence-corrected chi connectivity index (χ3v) is 9.29. The molecule has 0 bridgehead atoms. The average Bonchev–Trinajstić information content (AvgIpc) is 3.21. The Kier molecular flexibility index (Phi) is 39.4. The predicted molar refractivity (Wildman–Crippen MR) is 239 cm³/mol. The van der Waals surface area contributed by atoms with Gasteiger partial charge >= 0.3 is 19.8 Å². The molecule has 0 aromatic rings. The molecule has 58 heavy (non-hydrogen) atoms. The maximum atomic E-state index is 12.6. The highest BCUT2D eigenvalue weighted by molar-refractivity contribution is 7.47. The Morgan fingerprint density at radius 3 is 1.55 bits per heavy atom. The molecule has 0 fully saturated rings. The van der Waals surface area contributed by atoms with E-state index >= 15 is 0 Å². The normalized spacial score (nSPS) is 14.9. The van der Waals surface area contributed by atoms with Crippen LogP contribution in [0.2, 0.25) is 0 Å². The van der Waals surface area contributed by atoms with Crippen molar-refractivity contribution < 1.29 is 42.7 Å². The van der Waals surface area contributed by atoms with Crippen LogP contribution in [0.5, 0.6) is 0 Å². The van der Waals surface area contributed by atoms with E-state index in [-0.39, 0.29) is 38.7 Å². The van der Waals surface area contributed by atoms with Gasteiger partial charge in [-0.3, -0.25) is 18.6 Å². The summed E-state index contributed by atoms with van der Waals surface area (Å²) in [5.74, 6) is -0.964. The van der Waals surface area contributed by atoms with Crippen LogP contribution in [0.4, 0.5) is 0 Å². The molecule has 0 radical (unpaired) electrons. The van der Waals surface area contributed by atoms with Crippen molar-refractivity contribution in [3.05, 3.63) is 109 Å². The molecular weight excluding hydrogens is 753 g/mol. The number of esters is 2. The van der Waals surface area contributed by atoms with Gasteiger partial charge in [0.1, 0.15) is 6.61 Å². The van der Waals surface area contributed by atoms with Gasteiger partial charge in [0.05, 0.1) is 19.3 Å². The molecule has 3 atom stereocenters. The Hall–Kier alpha value is -3.37. The fourth-order valence-electron chi connectivity index (χ4n) is 4.98. The summed E-state index contributed by atoms with van der Waals surface area (Å²) in [5.41, 5.74) is 5.34. The molecule has 0 saturated heterocycles. The standard InChI is InChI=1S/C47H76NO9P/c1-3-5-6-7-8-9-10-11-12-13-14-15-16-20-23-26-29-32-35-38-46(50)54-42-45(43-56-58(52,53)55-41-40-48)57-47(51)39-36-33-30-27-24-21-18-17-19-22-25-28-31-34-37-44(49)4-2/h5-6,8-9,11-12,14-15,18-23,27-28,30-31,44-45,49H,3-4,7,10,13,16-17,24-26,29,32-43,48H2,1-2H3,(H,52,53)/b6-5-,9-8-,12-11-,15-14-,21-18-,22-19-,23-20-,30-27-,31-28-/t44-,45-/m1/s1. The number of carbonyl (C=O) groups is 2. The van der Waals surface area contributed by atoms with Crippen LogP contribution in [0.3, 0.4) is 0 Å². The lowest BCUT2D eigenvalue weighted by molar-refractivity contribution is -0.161. The highest BCUT2D eigenvalue weighted by Gasteiger charge is 2.25. The topological polar surface area (TPSA) is 155 Å². The van der Waals surface area contributed by atoms with E-state index in [0.717, 1.165) is 89.9 Å². The summed E-state index contributed by atoms with van der Waals surface area (Å²) in [6.45, 7) is 3.19. The van der Waals surface area contributed by atoms with Gasteiger partial charge in [-0.05, 0) is 103 Å². The number of ether oxygens (including phenoxy) is 2. The Bertz CT molecular complexity index is 1330. The van der Waals surface area contributed by atoms with Crippen molar-refractivity contribution in [3.63, 3.8) is 0 Å². The minimum Gasteiger partial charge on any atom is -0.462 e. The first-order valence-electron chi connectivity index (χ1n) is 21.4. The number of aliphatic hydroxyl groups excluding tert-OH is 1. The Balaban J connectivity index is 4.36. The van der Waals surface area contributed by atoms with Crippen LogP contribution in [0.15, 0.2) is 109 Å². The van der Waals surface area contributed by atoms with Gasteiger partial charge < -0.3 is 25.2 Å². The summed E-state index contributed by atoms with van der Waals surface area (Å²) in [6, 6.07) is 0. The SMILES string of the molecule is CC/C=C\C/C=C\C/C=C\C/C=C\C/C=C\CCCCCC(=O)OC[C@H](COP(=O)(O)OCCN)OC(=O)CCC/C=C\C/C=C\C/C=C\C/C=C\CC[C@H](O)CC. The average molecular weight is 830 g/mol. The number of unbranched alkanes of at least 4 members (excludes halogenated alkanes) is 4. The second-order valence-corrected chi connectivity index (χ2v) is 15.1. The molecule has 1 unspecified atom stereocenters. The maximum Gasteiger partial charge on any atom is 0.472 e. The molecule has 10 nitrogen and oxygen atoms in total. The van der Waals surface area contributed by atoms with E-state index < -0.39 is 32.5 Å². The molecule has 0 aliphatic carbocycles. The second kappa shape index (κ2) is 41.8. The largest absolute Gasteiger partial charge is 0.472 e. The molecule has 11 heteroatoms. The highest BCUT2D eigenvalue weighted by atomic mass is 31.2. The third-order valence-electron chi connectivity index (χ3n) is 8.31. The smallest absolute Gasteiger partial charge is 0.462 e. The minimum absolute atomic E-state index is 0.0275. The molecule has 0 aromatic carbocycles. The number of aliphatic hydroxyl groups is 1. The Morgan fingerprint density at radius 1 is 0.586 bits per heavy atom. The van der Waals surface area contributed by atoms with Crippen LogP contribution in [-0.4, -0.2) is 60.5 Å². The summed E-state index contributed by atoms with van der Waals surface area (Å²) >= 11 is 0. The van der Waals surface area contributed by atoms with Crippen LogP contribution in [-0.2, 0) is 32.7 Å². The zero-order valence-corrected chi connectivity index (χ0v) is 36.5. The van der Waals surface area contributed by atoms with Crippen LogP contribution in [0.1, 0.15) is 136 Å². The first-order valence-corrected chi connectivity index (χ1v) is 22.9. The van der Waals surface area contributed by atoms with Crippen molar-refractivity contribution >= 4 is 19.8 Å². The monoisotopic (exact) mass is 830 g/mol. The molecule has 4 N–H and O–H groups in total. The van der Waals surface area contributed by atoms with Crippen molar-refractivity contribution in [2.75, 3.05) is 26.4 Å². The molecule has 0 aliphatic heterocycles. The van der Waals surface area contributed by atoms with E-state index in [2.05, 4.69) is 104 Å². The summed E-state index contributed by atoms with van der Waals surface area (Å²) in [4.78, 5) is 34.8. The van der Waals surface area contributed by atoms with Gasteiger partial charge in [-0.2, -0.15) is 0 Å². The van der Waals surface area contributed by atoms with Crippen LogP contribution >= 0.6 is 7.82 Å². The third kappa shape index (κ3) is 40.8. The molecule has 0 heterocycles. The quantitative estimate of drug-likeness (QED) is 0.0237. The number of carbonyl (C=O) groups excluding carboxylic acids is 2. The van der Waals surface area contributed by atoms with Gasteiger partial charge in [-0.15, -0.1) is 0 Å². The zero-order valence-electron chi connectivity index (χ0n) is 35.6. The maximum absolute atomic E-state index is 12.6. The Morgan fingerprint density at radius 2 is 1.05 bits per heavy atom. The van der Waals surface area contributed by atoms with E-state index in [1.807, 2.05) is 19.1 Å². The first-order chi connectivity index (χ1) is 28.2. The van der Waals surface area contributed by atoms with Crippen LogP contribution in [0.25, 0.3) is 0 Å². The number of allylic oxidation sites excluding steroid dienone is 18. The number of hydrogen-bond acceptors (Lipinski definition) is 9. The van der Waals surface area contributed by atoms with Gasteiger partial charge in [0.2, 0.25) is 0 Å². The van der Waals surface area contributed by atoms with Crippen molar-refractivity contribution in [3.8, 4) is 0 Å². The fraction of sp³-hybridized carbons (Fsp3) is 0.574. The molecule has 0 amide bonds. The van der Waals surface area contributed by atoms with Crippen molar-refractivity contribution in [1.29, 1.82) is 0 Å². The number of phosphoric ester groups is 1. The molecule has 0 saturated carbocycles. The predicted octanol–water partition coefficient (Wildman–Crippen LogP) is 11.4. The summed E-state index contributed by atoms with van der Waals surface area (Å²) in [6.07, 6.45) is 52.1. The van der Waals surface area contributed by atoms with Crippen molar-refractivity contribution in [2.24, 2.45) is 5.73 Å².